The van der Waals surface area contributed by atoms with Gasteiger partial charge in [-0.3, -0.25) is 0 Å². The number of nitrogens with zero attached hydrogens (tertiary/aromatic N) is 2. The molecule has 0 radical (unpaired) electrons. The molecule has 0 aromatic carbocycles. The first-order chi connectivity index (χ1) is 8.16. The Morgan fingerprint density at radius 1 is 1.24 bits per heavy atom. The van der Waals surface area contributed by atoms with Gasteiger partial charge in [0, 0.05) is 18.6 Å². The van der Waals surface area contributed by atoms with Crippen molar-refractivity contribution in [3.63, 3.8) is 0 Å². The maximum atomic E-state index is 5.99. The van der Waals surface area contributed by atoms with Gasteiger partial charge in [-0.15, -0.1) is 0 Å². The molecule has 2 saturated heterocycles. The number of hydrogen-bond donors (Lipinski definition) is 1. The molecule has 3 nitrogen and oxygen atoms in total. The summed E-state index contributed by atoms with van der Waals surface area (Å²) in [5, 5.41) is 0. The summed E-state index contributed by atoms with van der Waals surface area (Å²) in [6.45, 7) is 7.23. The molecule has 0 amide bonds. The molecule has 2 N–H and O–H groups in total. The van der Waals surface area contributed by atoms with Crippen LogP contribution >= 0.6 is 0 Å². The van der Waals surface area contributed by atoms with Crippen LogP contribution in [0.1, 0.15) is 39.0 Å². The first-order valence-corrected chi connectivity index (χ1v) is 7.35. The topological polar surface area (TPSA) is 32.5 Å². The van der Waals surface area contributed by atoms with Crippen LogP contribution in [0.2, 0.25) is 0 Å². The number of nitrogens with two attached hydrogens (primary N) is 1. The van der Waals surface area contributed by atoms with Gasteiger partial charge in [0.25, 0.3) is 0 Å². The molecule has 100 valence electrons. The van der Waals surface area contributed by atoms with Crippen LogP contribution in [-0.2, 0) is 0 Å². The van der Waals surface area contributed by atoms with Crippen molar-refractivity contribution >= 4 is 0 Å². The van der Waals surface area contributed by atoms with Crippen LogP contribution in [0.25, 0.3) is 0 Å². The standard InChI is InChI=1S/C14H29N3/c1-12(15)13-6-9-17(11-13)10-7-14-5-3-4-8-16(14)2/h12-14H,3-11,15H2,1-2H3. The lowest BCUT2D eigenvalue weighted by Gasteiger charge is -2.33. The van der Waals surface area contributed by atoms with Gasteiger partial charge in [-0.25, -0.2) is 0 Å². The molecule has 17 heavy (non-hydrogen) atoms. The van der Waals surface area contributed by atoms with E-state index in [9.17, 15) is 0 Å². The summed E-state index contributed by atoms with van der Waals surface area (Å²) in [5.74, 6) is 0.735. The molecule has 3 unspecified atom stereocenters. The van der Waals surface area contributed by atoms with E-state index < -0.39 is 0 Å². The van der Waals surface area contributed by atoms with Crippen LogP contribution < -0.4 is 5.73 Å². The highest BCUT2D eigenvalue weighted by molar-refractivity contribution is 4.82. The highest BCUT2D eigenvalue weighted by Crippen LogP contribution is 2.22. The average molecular weight is 239 g/mol. The van der Waals surface area contributed by atoms with E-state index in [1.807, 2.05) is 0 Å². The first-order valence-electron chi connectivity index (χ1n) is 7.35. The summed E-state index contributed by atoms with van der Waals surface area (Å²) in [7, 11) is 2.29. The zero-order chi connectivity index (χ0) is 12.3. The lowest BCUT2D eigenvalue weighted by atomic mass is 10.00. The lowest BCUT2D eigenvalue weighted by molar-refractivity contribution is 0.159. The number of likely N-dealkylation sites (tertiary alicyclic amines) is 2. The maximum absolute atomic E-state index is 5.99. The molecule has 0 bridgehead atoms. The van der Waals surface area contributed by atoms with E-state index in [0.717, 1.165) is 12.0 Å². The SMILES string of the molecule is CC(N)C1CCN(CCC2CCCCN2C)C1. The maximum Gasteiger partial charge on any atom is 0.0104 e. The van der Waals surface area contributed by atoms with Crippen LogP contribution in [0.3, 0.4) is 0 Å². The van der Waals surface area contributed by atoms with Crippen molar-refractivity contribution in [2.45, 2.75) is 51.1 Å². The van der Waals surface area contributed by atoms with Crippen molar-refractivity contribution in [1.82, 2.24) is 9.80 Å². The van der Waals surface area contributed by atoms with Crippen LogP contribution in [-0.4, -0.2) is 55.1 Å². The summed E-state index contributed by atoms with van der Waals surface area (Å²) in [6, 6.07) is 1.20. The monoisotopic (exact) mass is 239 g/mol. The lowest BCUT2D eigenvalue weighted by Crippen LogP contribution is -2.39. The predicted molar refractivity (Wildman–Crippen MR) is 73.1 cm³/mol. The van der Waals surface area contributed by atoms with Crippen LogP contribution in [0.4, 0.5) is 0 Å². The molecule has 3 heteroatoms. The molecule has 2 aliphatic rings. The fourth-order valence-electron chi connectivity index (χ4n) is 3.34. The summed E-state index contributed by atoms with van der Waals surface area (Å²) in [6.07, 6.45) is 6.88. The zero-order valence-electron chi connectivity index (χ0n) is 11.6. The zero-order valence-corrected chi connectivity index (χ0v) is 11.6. The second-order valence-corrected chi connectivity index (χ2v) is 6.13. The van der Waals surface area contributed by atoms with Gasteiger partial charge in [0.05, 0.1) is 0 Å². The van der Waals surface area contributed by atoms with E-state index in [1.54, 1.807) is 0 Å². The van der Waals surface area contributed by atoms with Crippen molar-refractivity contribution in [2.24, 2.45) is 11.7 Å². The van der Waals surface area contributed by atoms with E-state index >= 15 is 0 Å². The van der Waals surface area contributed by atoms with E-state index in [-0.39, 0.29) is 0 Å². The summed E-state index contributed by atoms with van der Waals surface area (Å²) < 4.78 is 0. The van der Waals surface area contributed by atoms with Gasteiger partial charge in [0.15, 0.2) is 0 Å². The van der Waals surface area contributed by atoms with Gasteiger partial charge >= 0.3 is 0 Å². The Kier molecular flexibility index (Phi) is 4.83. The number of rotatable bonds is 4. The molecular weight excluding hydrogens is 210 g/mol. The number of piperidine rings is 1. The summed E-state index contributed by atoms with van der Waals surface area (Å²) >= 11 is 0. The highest BCUT2D eigenvalue weighted by atomic mass is 15.2. The molecule has 0 saturated carbocycles. The van der Waals surface area contributed by atoms with Crippen LogP contribution in [0.5, 0.6) is 0 Å². The van der Waals surface area contributed by atoms with E-state index in [4.69, 9.17) is 5.73 Å². The molecule has 0 aromatic heterocycles. The Bertz CT molecular complexity index is 230. The largest absolute Gasteiger partial charge is 0.328 e. The van der Waals surface area contributed by atoms with Crippen molar-refractivity contribution in [3.05, 3.63) is 0 Å². The third-order valence-electron chi connectivity index (χ3n) is 4.75. The molecule has 2 aliphatic heterocycles. The molecular formula is C14H29N3. The third-order valence-corrected chi connectivity index (χ3v) is 4.75. The van der Waals surface area contributed by atoms with Crippen molar-refractivity contribution in [2.75, 3.05) is 33.2 Å². The minimum absolute atomic E-state index is 0.373. The van der Waals surface area contributed by atoms with Crippen LogP contribution in [0.15, 0.2) is 0 Å². The molecule has 2 fully saturated rings. The van der Waals surface area contributed by atoms with E-state index in [1.165, 1.54) is 58.3 Å². The fraction of sp³-hybridized carbons (Fsp3) is 1.00. The van der Waals surface area contributed by atoms with Crippen molar-refractivity contribution < 1.29 is 0 Å². The van der Waals surface area contributed by atoms with Gasteiger partial charge in [-0.05, 0) is 65.2 Å². The Morgan fingerprint density at radius 2 is 2.06 bits per heavy atom. The highest BCUT2D eigenvalue weighted by Gasteiger charge is 2.26. The van der Waals surface area contributed by atoms with Gasteiger partial charge in [0.1, 0.15) is 0 Å². The van der Waals surface area contributed by atoms with Gasteiger partial charge < -0.3 is 15.5 Å². The second kappa shape index (κ2) is 6.17. The van der Waals surface area contributed by atoms with Crippen LogP contribution in [0, 0.1) is 5.92 Å². The fourth-order valence-corrected chi connectivity index (χ4v) is 3.34. The smallest absolute Gasteiger partial charge is 0.0104 e. The molecule has 0 spiro atoms. The summed E-state index contributed by atoms with van der Waals surface area (Å²) in [4.78, 5) is 5.18. The average Bonchev–Trinajstić information content (AvgIpc) is 2.77. The van der Waals surface area contributed by atoms with Crippen molar-refractivity contribution in [1.29, 1.82) is 0 Å². The molecule has 0 aromatic rings. The molecule has 2 heterocycles. The molecule has 3 atom stereocenters. The normalized spacial score (nSPS) is 34.1. The summed E-state index contributed by atoms with van der Waals surface area (Å²) in [5.41, 5.74) is 5.99. The van der Waals surface area contributed by atoms with E-state index in [2.05, 4.69) is 23.8 Å². The predicted octanol–water partition coefficient (Wildman–Crippen LogP) is 1.53. The first kappa shape index (κ1) is 13.3. The Labute approximate surface area is 106 Å². The minimum atomic E-state index is 0.373. The second-order valence-electron chi connectivity index (χ2n) is 6.13. The van der Waals surface area contributed by atoms with E-state index in [0.29, 0.717) is 6.04 Å². The molecule has 0 aliphatic carbocycles. The Balaban J connectivity index is 1.68. The van der Waals surface area contributed by atoms with Gasteiger partial charge in [-0.1, -0.05) is 6.42 Å². The van der Waals surface area contributed by atoms with Crippen molar-refractivity contribution in [3.8, 4) is 0 Å². The Morgan fingerprint density at radius 3 is 2.71 bits per heavy atom. The third kappa shape index (κ3) is 3.67. The quantitative estimate of drug-likeness (QED) is 0.807. The Hall–Kier alpha value is -0.120. The minimum Gasteiger partial charge on any atom is -0.328 e. The number of hydrogen-bond acceptors (Lipinski definition) is 3. The van der Waals surface area contributed by atoms with Gasteiger partial charge in [0.2, 0.25) is 0 Å². The van der Waals surface area contributed by atoms with Gasteiger partial charge in [-0.2, -0.15) is 0 Å². The molecule has 2 rings (SSSR count).